The first-order valence-electron chi connectivity index (χ1n) is 6.34. The Hall–Kier alpha value is -0.600. The summed E-state index contributed by atoms with van der Waals surface area (Å²) in [5, 5.41) is 8.40. The number of hydrogen-bond donors (Lipinski definition) is 0. The minimum absolute atomic E-state index is 0.208. The van der Waals surface area contributed by atoms with Gasteiger partial charge in [0.15, 0.2) is 0 Å². The molecule has 1 rings (SSSR count). The maximum Gasteiger partial charge on any atom is 0.217 e. The molecule has 4 nitrogen and oxygen atoms in total. The van der Waals surface area contributed by atoms with Gasteiger partial charge in [-0.25, -0.2) is 12.7 Å². The Labute approximate surface area is 105 Å². The monoisotopic (exact) mass is 258 g/mol. The molecule has 0 radical (unpaired) electrons. The lowest BCUT2D eigenvalue weighted by Gasteiger charge is -2.26. The highest BCUT2D eigenvalue weighted by atomic mass is 32.2. The third-order valence-electron chi connectivity index (χ3n) is 3.13. The van der Waals surface area contributed by atoms with Crippen LogP contribution in [0.1, 0.15) is 46.0 Å². The first-order valence-corrected chi connectivity index (χ1v) is 7.84. The predicted octanol–water partition coefficient (Wildman–Crippen LogP) is 2.13. The fourth-order valence-corrected chi connectivity index (χ4v) is 4.50. The van der Waals surface area contributed by atoms with E-state index in [2.05, 4.69) is 0 Å². The van der Waals surface area contributed by atoms with E-state index in [1.807, 2.05) is 19.9 Å². The smallest absolute Gasteiger partial charge is 0.212 e. The zero-order chi connectivity index (χ0) is 12.9. The molecule has 0 bridgehead atoms. The molecule has 0 aliphatic heterocycles. The zero-order valence-corrected chi connectivity index (χ0v) is 11.5. The molecule has 0 aromatic rings. The van der Waals surface area contributed by atoms with Crippen LogP contribution in [-0.4, -0.2) is 31.1 Å². The summed E-state index contributed by atoms with van der Waals surface area (Å²) < 4.78 is 26.3. The molecule has 98 valence electrons. The lowest BCUT2D eigenvalue weighted by molar-refractivity contribution is 0.367. The Balaban J connectivity index is 2.76. The van der Waals surface area contributed by atoms with Crippen LogP contribution >= 0.6 is 0 Å². The van der Waals surface area contributed by atoms with E-state index in [1.165, 1.54) is 4.31 Å². The molecule has 0 saturated heterocycles. The van der Waals surface area contributed by atoms with E-state index in [9.17, 15) is 8.42 Å². The van der Waals surface area contributed by atoms with Gasteiger partial charge in [-0.1, -0.05) is 26.7 Å². The topological polar surface area (TPSA) is 61.2 Å². The van der Waals surface area contributed by atoms with Crippen molar-refractivity contribution in [2.24, 2.45) is 5.92 Å². The predicted molar refractivity (Wildman–Crippen MR) is 67.8 cm³/mol. The Morgan fingerprint density at radius 3 is 2.41 bits per heavy atom. The van der Waals surface area contributed by atoms with Gasteiger partial charge in [-0.3, -0.25) is 0 Å². The second kappa shape index (κ2) is 6.36. The Kier molecular flexibility index (Phi) is 5.41. The van der Waals surface area contributed by atoms with Gasteiger partial charge in [0.05, 0.1) is 11.3 Å². The Morgan fingerprint density at radius 2 is 1.94 bits per heavy atom. The fraction of sp³-hybridized carbons (Fsp3) is 0.917. The van der Waals surface area contributed by atoms with Crippen molar-refractivity contribution in [1.29, 1.82) is 5.26 Å². The van der Waals surface area contributed by atoms with E-state index in [1.54, 1.807) is 0 Å². The maximum atomic E-state index is 12.4. The summed E-state index contributed by atoms with van der Waals surface area (Å²) >= 11 is 0. The van der Waals surface area contributed by atoms with Crippen LogP contribution in [0.4, 0.5) is 0 Å². The molecule has 1 fully saturated rings. The summed E-state index contributed by atoms with van der Waals surface area (Å²) in [6.45, 7) is 4.88. The molecular formula is C12H22N2O2S. The summed E-state index contributed by atoms with van der Waals surface area (Å²) in [4.78, 5) is 0. The van der Waals surface area contributed by atoms with Crippen molar-refractivity contribution < 1.29 is 8.42 Å². The van der Waals surface area contributed by atoms with Crippen LogP contribution in [0, 0.1) is 17.2 Å². The lowest BCUT2D eigenvalue weighted by atomic mass is 10.2. The molecule has 0 amide bonds. The van der Waals surface area contributed by atoms with Gasteiger partial charge >= 0.3 is 0 Å². The van der Waals surface area contributed by atoms with Crippen molar-refractivity contribution in [2.75, 3.05) is 13.1 Å². The van der Waals surface area contributed by atoms with Crippen molar-refractivity contribution >= 4 is 10.0 Å². The van der Waals surface area contributed by atoms with Crippen molar-refractivity contribution in [3.8, 4) is 6.07 Å². The molecule has 1 saturated carbocycles. The van der Waals surface area contributed by atoms with Gasteiger partial charge in [0.2, 0.25) is 10.0 Å². The minimum Gasteiger partial charge on any atom is -0.212 e. The Morgan fingerprint density at radius 1 is 1.35 bits per heavy atom. The van der Waals surface area contributed by atoms with Crippen molar-refractivity contribution in [2.45, 2.75) is 51.2 Å². The van der Waals surface area contributed by atoms with E-state index in [0.29, 0.717) is 19.0 Å². The highest BCUT2D eigenvalue weighted by Gasteiger charge is 2.33. The molecule has 0 heterocycles. The standard InChI is InChI=1S/C12H22N2O2S/c1-11(2)10-14(9-5-8-13)17(15,16)12-6-3-4-7-12/h11-12H,3-7,9-10H2,1-2H3. The summed E-state index contributed by atoms with van der Waals surface area (Å²) in [5.41, 5.74) is 0. The van der Waals surface area contributed by atoms with Crippen LogP contribution in [-0.2, 0) is 10.0 Å². The summed E-state index contributed by atoms with van der Waals surface area (Å²) in [5.74, 6) is 0.296. The largest absolute Gasteiger partial charge is 0.217 e. The zero-order valence-electron chi connectivity index (χ0n) is 10.7. The van der Waals surface area contributed by atoms with E-state index in [4.69, 9.17) is 5.26 Å². The van der Waals surface area contributed by atoms with Crippen LogP contribution < -0.4 is 0 Å². The maximum absolute atomic E-state index is 12.4. The number of hydrogen-bond acceptors (Lipinski definition) is 3. The van der Waals surface area contributed by atoms with E-state index < -0.39 is 10.0 Å². The van der Waals surface area contributed by atoms with Crippen LogP contribution in [0.15, 0.2) is 0 Å². The summed E-state index contributed by atoms with van der Waals surface area (Å²) in [7, 11) is -3.19. The quantitative estimate of drug-likeness (QED) is 0.733. The summed E-state index contributed by atoms with van der Waals surface area (Å²) in [6.07, 6.45) is 3.86. The first-order chi connectivity index (χ1) is 7.98. The lowest BCUT2D eigenvalue weighted by Crippen LogP contribution is -2.40. The van der Waals surface area contributed by atoms with Crippen LogP contribution in [0.2, 0.25) is 0 Å². The normalized spacial score (nSPS) is 17.8. The average Bonchev–Trinajstić information content (AvgIpc) is 2.77. The minimum atomic E-state index is -3.19. The molecule has 1 aliphatic carbocycles. The van der Waals surface area contributed by atoms with Crippen LogP contribution in [0.3, 0.4) is 0 Å². The van der Waals surface area contributed by atoms with E-state index in [-0.39, 0.29) is 11.7 Å². The van der Waals surface area contributed by atoms with Crippen molar-refractivity contribution in [1.82, 2.24) is 4.31 Å². The second-order valence-electron chi connectivity index (χ2n) is 5.11. The fourth-order valence-electron chi connectivity index (χ4n) is 2.30. The first kappa shape index (κ1) is 14.5. The molecule has 17 heavy (non-hydrogen) atoms. The molecular weight excluding hydrogens is 236 g/mol. The molecule has 0 aromatic carbocycles. The highest BCUT2D eigenvalue weighted by Crippen LogP contribution is 2.27. The van der Waals surface area contributed by atoms with Gasteiger partial charge in [-0.05, 0) is 18.8 Å². The molecule has 0 atom stereocenters. The van der Waals surface area contributed by atoms with Crippen LogP contribution in [0.25, 0.3) is 0 Å². The second-order valence-corrected chi connectivity index (χ2v) is 7.32. The molecule has 1 aliphatic rings. The van der Waals surface area contributed by atoms with Gasteiger partial charge in [-0.15, -0.1) is 0 Å². The molecule has 5 heteroatoms. The third kappa shape index (κ3) is 3.97. The van der Waals surface area contributed by atoms with Crippen LogP contribution in [0.5, 0.6) is 0 Å². The highest BCUT2D eigenvalue weighted by molar-refractivity contribution is 7.89. The third-order valence-corrected chi connectivity index (χ3v) is 5.49. The van der Waals surface area contributed by atoms with Gasteiger partial charge in [-0.2, -0.15) is 5.26 Å². The number of nitriles is 1. The van der Waals surface area contributed by atoms with Gasteiger partial charge < -0.3 is 0 Å². The van der Waals surface area contributed by atoms with E-state index >= 15 is 0 Å². The molecule has 0 aromatic heterocycles. The van der Waals surface area contributed by atoms with E-state index in [0.717, 1.165) is 25.7 Å². The number of rotatable bonds is 6. The van der Waals surface area contributed by atoms with Crippen molar-refractivity contribution in [3.05, 3.63) is 0 Å². The number of nitrogens with zero attached hydrogens (tertiary/aromatic N) is 2. The van der Waals surface area contributed by atoms with Gasteiger partial charge in [0.25, 0.3) is 0 Å². The van der Waals surface area contributed by atoms with Crippen molar-refractivity contribution in [3.63, 3.8) is 0 Å². The molecule has 0 spiro atoms. The van der Waals surface area contributed by atoms with Gasteiger partial charge in [0, 0.05) is 19.5 Å². The summed E-state index contributed by atoms with van der Waals surface area (Å²) in [6, 6.07) is 2.03. The number of sulfonamides is 1. The Bertz CT molecular complexity index is 364. The molecule has 0 unspecified atom stereocenters. The van der Waals surface area contributed by atoms with Gasteiger partial charge in [0.1, 0.15) is 0 Å². The average molecular weight is 258 g/mol. The SMILES string of the molecule is CC(C)CN(CCC#N)S(=O)(=O)C1CCCC1. The molecule has 0 N–H and O–H groups in total.